The SMILES string of the molecule is O=C(Nc1ccc(S(=O)(=O)Nc2ncccn2)cc1)c1ccc(COc2ccc(Cl)cc2Cl)o1. The van der Waals surface area contributed by atoms with Crippen molar-refractivity contribution >= 4 is 50.8 Å². The number of ether oxygens (including phenoxy) is 1. The Labute approximate surface area is 204 Å². The van der Waals surface area contributed by atoms with Gasteiger partial charge in [-0.1, -0.05) is 23.2 Å². The molecule has 2 N–H and O–H groups in total. The second-order valence-electron chi connectivity index (χ2n) is 6.79. The summed E-state index contributed by atoms with van der Waals surface area (Å²) >= 11 is 11.9. The average molecular weight is 519 g/mol. The van der Waals surface area contributed by atoms with Crippen LogP contribution in [0.25, 0.3) is 0 Å². The number of sulfonamides is 1. The molecule has 2 aromatic carbocycles. The van der Waals surface area contributed by atoms with Crippen LogP contribution in [-0.4, -0.2) is 24.3 Å². The van der Waals surface area contributed by atoms with Crippen LogP contribution in [0.15, 0.2) is 82.4 Å². The topological polar surface area (TPSA) is 123 Å². The number of benzene rings is 2. The Morgan fingerprint density at radius 3 is 2.44 bits per heavy atom. The summed E-state index contributed by atoms with van der Waals surface area (Å²) in [6, 6.07) is 15.1. The Morgan fingerprint density at radius 2 is 1.74 bits per heavy atom. The summed E-state index contributed by atoms with van der Waals surface area (Å²) in [5.74, 6) is 0.335. The van der Waals surface area contributed by atoms with Crippen LogP contribution in [0.3, 0.4) is 0 Å². The van der Waals surface area contributed by atoms with E-state index >= 15 is 0 Å². The first-order valence-electron chi connectivity index (χ1n) is 9.68. The number of nitrogens with one attached hydrogen (secondary N) is 2. The van der Waals surface area contributed by atoms with E-state index in [4.69, 9.17) is 32.4 Å². The molecule has 0 fully saturated rings. The molecule has 12 heteroatoms. The van der Waals surface area contributed by atoms with Crippen LogP contribution in [0.4, 0.5) is 11.6 Å². The van der Waals surface area contributed by atoms with Gasteiger partial charge in [0.25, 0.3) is 15.9 Å². The molecular weight excluding hydrogens is 503 g/mol. The van der Waals surface area contributed by atoms with Gasteiger partial charge in [-0.2, -0.15) is 0 Å². The number of carbonyl (C=O) groups excluding carboxylic acids is 1. The molecule has 0 unspecified atom stereocenters. The van der Waals surface area contributed by atoms with Gasteiger partial charge in [0.15, 0.2) is 5.76 Å². The van der Waals surface area contributed by atoms with Crippen molar-refractivity contribution in [1.29, 1.82) is 0 Å². The van der Waals surface area contributed by atoms with Gasteiger partial charge in [-0.25, -0.2) is 23.1 Å². The summed E-state index contributed by atoms with van der Waals surface area (Å²) in [6.07, 6.45) is 2.84. The van der Waals surface area contributed by atoms with Crippen LogP contribution in [0, 0.1) is 0 Å². The lowest BCUT2D eigenvalue weighted by molar-refractivity contribution is 0.0992. The molecule has 0 aliphatic heterocycles. The number of nitrogens with zero attached hydrogens (tertiary/aromatic N) is 2. The molecule has 2 heterocycles. The standard InChI is InChI=1S/C22H16Cl2N4O5S/c23-14-2-8-19(18(24)12-14)32-13-16-5-9-20(33-16)21(29)27-15-3-6-17(7-4-15)34(30,31)28-22-25-10-1-11-26-22/h1-12H,13H2,(H,27,29)(H,25,26,28). The highest BCUT2D eigenvalue weighted by Crippen LogP contribution is 2.28. The summed E-state index contributed by atoms with van der Waals surface area (Å²) in [4.78, 5) is 20.1. The number of hydrogen-bond donors (Lipinski definition) is 2. The molecule has 4 rings (SSSR count). The second kappa shape index (κ2) is 10.1. The smallest absolute Gasteiger partial charge is 0.291 e. The fourth-order valence-corrected chi connectivity index (χ4v) is 4.18. The summed E-state index contributed by atoms with van der Waals surface area (Å²) < 4.78 is 38.3. The molecule has 0 atom stereocenters. The predicted molar refractivity (Wildman–Crippen MR) is 127 cm³/mol. The minimum absolute atomic E-state index is 0.0174. The van der Waals surface area contributed by atoms with Crippen molar-refractivity contribution in [2.45, 2.75) is 11.5 Å². The van der Waals surface area contributed by atoms with Gasteiger partial charge in [-0.3, -0.25) is 4.79 Å². The first kappa shape index (κ1) is 23.6. The summed E-state index contributed by atoms with van der Waals surface area (Å²) in [7, 11) is -3.88. The number of aromatic nitrogens is 2. The average Bonchev–Trinajstić information content (AvgIpc) is 3.29. The van der Waals surface area contributed by atoms with Gasteiger partial charge < -0.3 is 14.5 Å². The number of amides is 1. The van der Waals surface area contributed by atoms with E-state index in [1.165, 1.54) is 42.7 Å². The van der Waals surface area contributed by atoms with Crippen molar-refractivity contribution < 1.29 is 22.4 Å². The predicted octanol–water partition coefficient (Wildman–Crippen LogP) is 5.01. The number of carbonyl (C=O) groups is 1. The lowest BCUT2D eigenvalue weighted by Gasteiger charge is -2.08. The first-order chi connectivity index (χ1) is 16.3. The van der Waals surface area contributed by atoms with E-state index in [0.29, 0.717) is 27.2 Å². The van der Waals surface area contributed by atoms with Gasteiger partial charge in [0.1, 0.15) is 18.1 Å². The highest BCUT2D eigenvalue weighted by Gasteiger charge is 2.17. The monoisotopic (exact) mass is 518 g/mol. The number of furan rings is 1. The van der Waals surface area contributed by atoms with Crippen molar-refractivity contribution in [2.24, 2.45) is 0 Å². The number of anilines is 2. The number of halogens is 2. The van der Waals surface area contributed by atoms with Gasteiger partial charge in [0.05, 0.1) is 9.92 Å². The Bertz CT molecular complexity index is 1410. The number of rotatable bonds is 8. The molecule has 34 heavy (non-hydrogen) atoms. The highest BCUT2D eigenvalue weighted by atomic mass is 35.5. The molecule has 2 aromatic heterocycles. The van der Waals surface area contributed by atoms with Gasteiger partial charge >= 0.3 is 0 Å². The maximum atomic E-state index is 12.5. The van der Waals surface area contributed by atoms with E-state index in [2.05, 4.69) is 20.0 Å². The molecule has 0 saturated carbocycles. The fraction of sp³-hybridized carbons (Fsp3) is 0.0455. The molecule has 0 aliphatic rings. The summed E-state index contributed by atoms with van der Waals surface area (Å²) in [6.45, 7) is 0.0549. The first-order valence-corrected chi connectivity index (χ1v) is 11.9. The number of hydrogen-bond acceptors (Lipinski definition) is 7. The van der Waals surface area contributed by atoms with Crippen molar-refractivity contribution in [3.05, 3.63) is 94.6 Å². The second-order valence-corrected chi connectivity index (χ2v) is 9.31. The van der Waals surface area contributed by atoms with E-state index in [1.54, 1.807) is 30.3 Å². The van der Waals surface area contributed by atoms with Crippen LogP contribution in [0.5, 0.6) is 5.75 Å². The Balaban J connectivity index is 1.36. The van der Waals surface area contributed by atoms with Crippen LogP contribution in [-0.2, 0) is 16.6 Å². The largest absolute Gasteiger partial charge is 0.484 e. The van der Waals surface area contributed by atoms with E-state index < -0.39 is 15.9 Å². The van der Waals surface area contributed by atoms with E-state index in [9.17, 15) is 13.2 Å². The molecule has 0 radical (unpaired) electrons. The van der Waals surface area contributed by atoms with Crippen molar-refractivity contribution in [3.63, 3.8) is 0 Å². The van der Waals surface area contributed by atoms with E-state index in [1.807, 2.05) is 0 Å². The molecule has 0 bridgehead atoms. The van der Waals surface area contributed by atoms with Gasteiger partial charge in [-0.05, 0) is 60.7 Å². The van der Waals surface area contributed by atoms with Crippen molar-refractivity contribution in [2.75, 3.05) is 10.0 Å². The third kappa shape index (κ3) is 5.84. The quantitative estimate of drug-likeness (QED) is 0.336. The summed E-state index contributed by atoms with van der Waals surface area (Å²) in [5.41, 5.74) is 0.377. The van der Waals surface area contributed by atoms with Crippen LogP contribution < -0.4 is 14.8 Å². The molecule has 9 nitrogen and oxygen atoms in total. The third-order valence-corrected chi connectivity index (χ3v) is 6.24. The minimum atomic E-state index is -3.88. The molecule has 174 valence electrons. The van der Waals surface area contributed by atoms with E-state index in [-0.39, 0.29) is 23.2 Å². The minimum Gasteiger partial charge on any atom is -0.484 e. The molecule has 0 aliphatic carbocycles. The normalized spacial score (nSPS) is 11.1. The van der Waals surface area contributed by atoms with Crippen molar-refractivity contribution in [3.8, 4) is 5.75 Å². The zero-order valence-corrected chi connectivity index (χ0v) is 19.6. The molecular formula is C22H16Cl2N4O5S. The van der Waals surface area contributed by atoms with Crippen LogP contribution in [0.2, 0.25) is 10.0 Å². The van der Waals surface area contributed by atoms with Gasteiger partial charge in [-0.15, -0.1) is 0 Å². The molecule has 4 aromatic rings. The molecule has 0 spiro atoms. The zero-order valence-electron chi connectivity index (χ0n) is 17.2. The van der Waals surface area contributed by atoms with Crippen molar-refractivity contribution in [1.82, 2.24) is 9.97 Å². The fourth-order valence-electron chi connectivity index (χ4n) is 2.76. The molecule has 0 saturated heterocycles. The Morgan fingerprint density at radius 1 is 1.00 bits per heavy atom. The maximum absolute atomic E-state index is 12.5. The lowest BCUT2D eigenvalue weighted by atomic mass is 10.3. The van der Waals surface area contributed by atoms with Gasteiger partial charge in [0.2, 0.25) is 5.95 Å². The van der Waals surface area contributed by atoms with Crippen LogP contribution in [0.1, 0.15) is 16.3 Å². The van der Waals surface area contributed by atoms with Gasteiger partial charge in [0, 0.05) is 23.1 Å². The Hall–Kier alpha value is -3.60. The zero-order chi connectivity index (χ0) is 24.1. The third-order valence-electron chi connectivity index (χ3n) is 4.36. The Kier molecular flexibility index (Phi) is 7.01. The van der Waals surface area contributed by atoms with Crippen LogP contribution >= 0.6 is 23.2 Å². The summed E-state index contributed by atoms with van der Waals surface area (Å²) in [5, 5.41) is 3.48. The lowest BCUT2D eigenvalue weighted by Crippen LogP contribution is -2.15. The highest BCUT2D eigenvalue weighted by molar-refractivity contribution is 7.92. The maximum Gasteiger partial charge on any atom is 0.291 e. The molecule has 1 amide bonds. The van der Waals surface area contributed by atoms with E-state index in [0.717, 1.165) is 0 Å².